The molecule has 2 N–H and O–H groups in total. The Kier molecular flexibility index (Phi) is 5.90. The zero-order chi connectivity index (χ0) is 15.3. The van der Waals surface area contributed by atoms with Gasteiger partial charge in [0.15, 0.2) is 5.11 Å². The average Bonchev–Trinajstić information content (AvgIpc) is 2.74. The van der Waals surface area contributed by atoms with Gasteiger partial charge in [-0.05, 0) is 31.6 Å². The zero-order valence-corrected chi connectivity index (χ0v) is 13.3. The van der Waals surface area contributed by atoms with Gasteiger partial charge in [-0.2, -0.15) is 0 Å². The Balaban J connectivity index is 3.23. The van der Waals surface area contributed by atoms with Crippen molar-refractivity contribution in [2.75, 3.05) is 26.1 Å². The van der Waals surface area contributed by atoms with E-state index in [1.165, 1.54) is 14.2 Å². The number of ether oxygens (including phenoxy) is 2. The van der Waals surface area contributed by atoms with Gasteiger partial charge < -0.3 is 20.1 Å². The average molecular weight is 316 g/mol. The van der Waals surface area contributed by atoms with Crippen molar-refractivity contribution in [2.45, 2.75) is 13.8 Å². The van der Waals surface area contributed by atoms with Crippen molar-refractivity contribution in [1.82, 2.24) is 5.32 Å². The molecule has 0 saturated carbocycles. The number of hydrogen-bond donors (Lipinski definition) is 2. The molecule has 1 heterocycles. The minimum absolute atomic E-state index is 0.290. The second-order valence-corrected chi connectivity index (χ2v) is 5.16. The van der Waals surface area contributed by atoms with E-state index < -0.39 is 11.9 Å². The monoisotopic (exact) mass is 316 g/mol. The Labute approximate surface area is 126 Å². The van der Waals surface area contributed by atoms with Crippen LogP contribution in [-0.2, 0) is 9.47 Å². The lowest BCUT2D eigenvalue weighted by Crippen LogP contribution is -2.28. The number of carbonyl (C=O) groups excluding carboxylic acids is 2. The molecule has 110 valence electrons. The summed E-state index contributed by atoms with van der Waals surface area (Å²) in [6.07, 6.45) is 0. The van der Waals surface area contributed by atoms with Gasteiger partial charge in [0, 0.05) is 6.54 Å². The Morgan fingerprint density at radius 1 is 1.25 bits per heavy atom. The van der Waals surface area contributed by atoms with Gasteiger partial charge in [-0.1, -0.05) is 0 Å². The number of esters is 2. The van der Waals surface area contributed by atoms with Gasteiger partial charge >= 0.3 is 11.9 Å². The summed E-state index contributed by atoms with van der Waals surface area (Å²) >= 11 is 6.18. The van der Waals surface area contributed by atoms with Crippen LogP contribution in [0.25, 0.3) is 0 Å². The Morgan fingerprint density at radius 2 is 1.85 bits per heavy atom. The quantitative estimate of drug-likeness (QED) is 0.649. The number of methoxy groups -OCH3 is 2. The normalized spacial score (nSPS) is 9.80. The summed E-state index contributed by atoms with van der Waals surface area (Å²) in [7, 11) is 2.57. The number of carbonyl (C=O) groups is 2. The lowest BCUT2D eigenvalue weighted by molar-refractivity contribution is 0.0601. The van der Waals surface area contributed by atoms with Crippen LogP contribution in [0.4, 0.5) is 5.00 Å². The zero-order valence-electron chi connectivity index (χ0n) is 11.7. The molecule has 0 fully saturated rings. The van der Waals surface area contributed by atoms with E-state index in [2.05, 4.69) is 10.6 Å². The summed E-state index contributed by atoms with van der Waals surface area (Å²) in [6.45, 7) is 4.21. The fourth-order valence-electron chi connectivity index (χ4n) is 1.54. The molecule has 6 nitrogen and oxygen atoms in total. The maximum Gasteiger partial charge on any atom is 0.348 e. The first-order valence-electron chi connectivity index (χ1n) is 5.81. The van der Waals surface area contributed by atoms with E-state index in [9.17, 15) is 9.59 Å². The lowest BCUT2D eigenvalue weighted by Gasteiger charge is -2.08. The van der Waals surface area contributed by atoms with E-state index in [1.807, 2.05) is 6.92 Å². The molecular formula is C12H16N2O4S2. The van der Waals surface area contributed by atoms with Crippen LogP contribution in [0.3, 0.4) is 0 Å². The van der Waals surface area contributed by atoms with Crippen LogP contribution >= 0.6 is 23.6 Å². The van der Waals surface area contributed by atoms with Crippen LogP contribution in [0, 0.1) is 6.92 Å². The molecular weight excluding hydrogens is 300 g/mol. The van der Waals surface area contributed by atoms with E-state index in [4.69, 9.17) is 21.7 Å². The summed E-state index contributed by atoms with van der Waals surface area (Å²) in [5, 5.41) is 6.64. The highest BCUT2D eigenvalue weighted by molar-refractivity contribution is 7.80. The molecule has 0 unspecified atom stereocenters. The fraction of sp³-hybridized carbons (Fsp3) is 0.417. The van der Waals surface area contributed by atoms with E-state index in [1.54, 1.807) is 6.92 Å². The highest BCUT2D eigenvalue weighted by Crippen LogP contribution is 2.34. The van der Waals surface area contributed by atoms with Crippen LogP contribution < -0.4 is 10.6 Å². The number of anilines is 1. The van der Waals surface area contributed by atoms with E-state index in [0.717, 1.165) is 11.3 Å². The second-order valence-electron chi connectivity index (χ2n) is 3.73. The van der Waals surface area contributed by atoms with Crippen LogP contribution in [0.2, 0.25) is 0 Å². The van der Waals surface area contributed by atoms with Crippen molar-refractivity contribution in [3.63, 3.8) is 0 Å². The third-order valence-electron chi connectivity index (χ3n) is 2.47. The maximum absolute atomic E-state index is 11.8. The summed E-state index contributed by atoms with van der Waals surface area (Å²) in [5.74, 6) is -1.03. The molecule has 0 saturated heterocycles. The molecule has 8 heteroatoms. The maximum atomic E-state index is 11.8. The summed E-state index contributed by atoms with van der Waals surface area (Å²) in [5.41, 5.74) is 0.800. The molecule has 20 heavy (non-hydrogen) atoms. The first kappa shape index (κ1) is 16.4. The highest BCUT2D eigenvalue weighted by atomic mass is 32.1. The van der Waals surface area contributed by atoms with Gasteiger partial charge in [0.2, 0.25) is 0 Å². The molecule has 0 atom stereocenters. The molecule has 0 aromatic carbocycles. The molecule has 1 rings (SSSR count). The van der Waals surface area contributed by atoms with Crippen molar-refractivity contribution >= 4 is 45.6 Å². The van der Waals surface area contributed by atoms with Gasteiger partial charge in [0.05, 0.1) is 19.8 Å². The molecule has 0 aliphatic rings. The van der Waals surface area contributed by atoms with E-state index in [-0.39, 0.29) is 5.56 Å². The number of hydrogen-bond acceptors (Lipinski definition) is 6. The molecule has 1 aromatic heterocycles. The van der Waals surface area contributed by atoms with Gasteiger partial charge in [-0.15, -0.1) is 11.3 Å². The minimum atomic E-state index is -0.532. The fourth-order valence-corrected chi connectivity index (χ4v) is 2.97. The lowest BCUT2D eigenvalue weighted by atomic mass is 10.1. The SMILES string of the molecule is CCNC(=S)Nc1sc(C(=O)OC)c(C)c1C(=O)OC. The largest absolute Gasteiger partial charge is 0.465 e. The Hall–Kier alpha value is -1.67. The summed E-state index contributed by atoms with van der Waals surface area (Å²) in [4.78, 5) is 23.9. The molecule has 0 aliphatic heterocycles. The van der Waals surface area contributed by atoms with Crippen LogP contribution in [0.15, 0.2) is 0 Å². The second kappa shape index (κ2) is 7.20. The van der Waals surface area contributed by atoms with Crippen LogP contribution in [0.5, 0.6) is 0 Å². The number of rotatable bonds is 4. The standard InChI is InChI=1S/C12H16N2O4S2/c1-5-13-12(19)14-9-7(10(15)17-3)6(2)8(20-9)11(16)18-4/h5H2,1-4H3,(H2,13,14,19). The van der Waals surface area contributed by atoms with Crippen molar-refractivity contribution in [3.05, 3.63) is 16.0 Å². The summed E-state index contributed by atoms with van der Waals surface area (Å²) < 4.78 is 9.43. The van der Waals surface area contributed by atoms with Crippen molar-refractivity contribution in [3.8, 4) is 0 Å². The molecule has 1 aromatic rings. The van der Waals surface area contributed by atoms with Gasteiger partial charge in [0.25, 0.3) is 0 Å². The Bertz CT molecular complexity index is 540. The van der Waals surface area contributed by atoms with Gasteiger partial charge in [0.1, 0.15) is 9.88 Å². The van der Waals surface area contributed by atoms with Crippen LogP contribution in [-0.4, -0.2) is 37.8 Å². The third-order valence-corrected chi connectivity index (χ3v) is 3.91. The highest BCUT2D eigenvalue weighted by Gasteiger charge is 2.26. The predicted molar refractivity (Wildman–Crippen MR) is 81.6 cm³/mol. The van der Waals surface area contributed by atoms with E-state index >= 15 is 0 Å². The van der Waals surface area contributed by atoms with Gasteiger partial charge in [-0.25, -0.2) is 9.59 Å². The minimum Gasteiger partial charge on any atom is -0.465 e. The number of thiophene rings is 1. The van der Waals surface area contributed by atoms with Gasteiger partial charge in [-0.3, -0.25) is 0 Å². The van der Waals surface area contributed by atoms with Crippen LogP contribution in [0.1, 0.15) is 32.5 Å². The topological polar surface area (TPSA) is 76.7 Å². The van der Waals surface area contributed by atoms with E-state index in [0.29, 0.717) is 27.1 Å². The van der Waals surface area contributed by atoms with Crippen molar-refractivity contribution < 1.29 is 19.1 Å². The smallest absolute Gasteiger partial charge is 0.348 e. The summed E-state index contributed by atoms with van der Waals surface area (Å²) in [6, 6.07) is 0. The molecule has 0 radical (unpaired) electrons. The molecule has 0 bridgehead atoms. The Morgan fingerprint density at radius 3 is 2.35 bits per heavy atom. The predicted octanol–water partition coefficient (Wildman–Crippen LogP) is 1.94. The molecule has 0 aliphatic carbocycles. The first-order chi connectivity index (χ1) is 9.46. The third kappa shape index (κ3) is 3.45. The molecule has 0 spiro atoms. The van der Waals surface area contributed by atoms with Crippen molar-refractivity contribution in [1.29, 1.82) is 0 Å². The molecule has 0 amide bonds. The number of thiocarbonyl (C=S) groups is 1. The number of nitrogens with one attached hydrogen (secondary N) is 2. The van der Waals surface area contributed by atoms with Crippen molar-refractivity contribution in [2.24, 2.45) is 0 Å². The first-order valence-corrected chi connectivity index (χ1v) is 7.03.